The number of ether oxygens (including phenoxy) is 1. The van der Waals surface area contributed by atoms with Crippen molar-refractivity contribution in [1.29, 1.82) is 0 Å². The molecule has 4 heterocycles. The molecular formula is C20H22ClN3O2. The maximum absolute atomic E-state index is 12.6. The van der Waals surface area contributed by atoms with Crippen LogP contribution in [0.1, 0.15) is 30.1 Å². The summed E-state index contributed by atoms with van der Waals surface area (Å²) >= 11 is 6.00. The van der Waals surface area contributed by atoms with Crippen molar-refractivity contribution in [3.8, 4) is 11.5 Å². The van der Waals surface area contributed by atoms with Crippen LogP contribution >= 0.6 is 11.6 Å². The van der Waals surface area contributed by atoms with Gasteiger partial charge in [-0.25, -0.2) is 4.98 Å². The molecule has 0 saturated carbocycles. The number of nitrogens with zero attached hydrogens (tertiary/aromatic N) is 2. The standard InChI is InChI=1S/C20H22ClN3O2/c1-13-11-15-8-10-24(13)12-17(15)23-20(25)14-4-6-16(7-5-14)26-18-3-2-9-22-19(18)21/h2-7,9,13,15,17H,8,10-12H2,1H3,(H,23,25). The number of carbonyl (C=O) groups is 1. The SMILES string of the molecule is CC1CC2CCN1CC2NC(=O)c1ccc(Oc2cccnc2Cl)cc1. The van der Waals surface area contributed by atoms with Gasteiger partial charge in [0, 0.05) is 30.4 Å². The lowest BCUT2D eigenvalue weighted by atomic mass is 9.80. The van der Waals surface area contributed by atoms with E-state index >= 15 is 0 Å². The minimum Gasteiger partial charge on any atom is -0.454 e. The van der Waals surface area contributed by atoms with Crippen LogP contribution in [0.3, 0.4) is 0 Å². The molecule has 3 fully saturated rings. The molecule has 3 saturated heterocycles. The zero-order chi connectivity index (χ0) is 18.1. The molecular weight excluding hydrogens is 350 g/mol. The second kappa shape index (κ2) is 7.25. The third-order valence-electron chi connectivity index (χ3n) is 5.44. The first-order valence-electron chi connectivity index (χ1n) is 9.03. The molecule has 2 aromatic rings. The van der Waals surface area contributed by atoms with Gasteiger partial charge in [0.2, 0.25) is 0 Å². The fraction of sp³-hybridized carbons (Fsp3) is 0.400. The molecule has 3 aliphatic rings. The van der Waals surface area contributed by atoms with Crippen molar-refractivity contribution in [3.05, 3.63) is 53.3 Å². The molecule has 0 radical (unpaired) electrons. The van der Waals surface area contributed by atoms with Gasteiger partial charge in [-0.1, -0.05) is 11.6 Å². The molecule has 5 nitrogen and oxygen atoms in total. The van der Waals surface area contributed by atoms with E-state index in [0.29, 0.717) is 34.2 Å². The Balaban J connectivity index is 1.39. The number of hydrogen-bond donors (Lipinski definition) is 1. The summed E-state index contributed by atoms with van der Waals surface area (Å²) in [4.78, 5) is 19.0. The highest BCUT2D eigenvalue weighted by Crippen LogP contribution is 2.32. The molecule has 0 spiro atoms. The summed E-state index contributed by atoms with van der Waals surface area (Å²) in [7, 11) is 0. The molecule has 6 heteroatoms. The Morgan fingerprint density at radius 3 is 2.77 bits per heavy atom. The van der Waals surface area contributed by atoms with E-state index in [0.717, 1.165) is 13.1 Å². The van der Waals surface area contributed by atoms with Crippen LogP contribution in [-0.4, -0.2) is 41.0 Å². The van der Waals surface area contributed by atoms with Gasteiger partial charge in [-0.15, -0.1) is 0 Å². The lowest BCUT2D eigenvalue weighted by Crippen LogP contribution is -2.60. The molecule has 1 N–H and O–H groups in total. The van der Waals surface area contributed by atoms with Crippen molar-refractivity contribution in [2.24, 2.45) is 5.92 Å². The van der Waals surface area contributed by atoms with Gasteiger partial charge < -0.3 is 10.1 Å². The summed E-state index contributed by atoms with van der Waals surface area (Å²) in [6, 6.07) is 11.5. The van der Waals surface area contributed by atoms with Crippen molar-refractivity contribution in [2.75, 3.05) is 13.1 Å². The lowest BCUT2D eigenvalue weighted by molar-refractivity contribution is 0.0274. The number of hydrogen-bond acceptors (Lipinski definition) is 4. The zero-order valence-corrected chi connectivity index (χ0v) is 15.4. The summed E-state index contributed by atoms with van der Waals surface area (Å²) in [5.41, 5.74) is 0.638. The van der Waals surface area contributed by atoms with Crippen LogP contribution in [0.25, 0.3) is 0 Å². The summed E-state index contributed by atoms with van der Waals surface area (Å²) in [5, 5.41) is 3.52. The van der Waals surface area contributed by atoms with Gasteiger partial charge in [-0.05, 0) is 68.6 Å². The fourth-order valence-electron chi connectivity index (χ4n) is 3.96. The van der Waals surface area contributed by atoms with Gasteiger partial charge in [0.05, 0.1) is 0 Å². The van der Waals surface area contributed by atoms with E-state index in [2.05, 4.69) is 22.1 Å². The van der Waals surface area contributed by atoms with E-state index in [1.165, 1.54) is 12.8 Å². The number of benzene rings is 1. The first-order valence-corrected chi connectivity index (χ1v) is 9.41. The van der Waals surface area contributed by atoms with Gasteiger partial charge in [0.25, 0.3) is 5.91 Å². The van der Waals surface area contributed by atoms with Crippen molar-refractivity contribution in [2.45, 2.75) is 31.8 Å². The molecule has 2 bridgehead atoms. The van der Waals surface area contributed by atoms with Gasteiger partial charge in [0.15, 0.2) is 10.9 Å². The Hall–Kier alpha value is -2.11. The van der Waals surface area contributed by atoms with E-state index in [-0.39, 0.29) is 11.9 Å². The second-order valence-electron chi connectivity index (χ2n) is 7.13. The number of nitrogens with one attached hydrogen (secondary N) is 1. The van der Waals surface area contributed by atoms with Gasteiger partial charge >= 0.3 is 0 Å². The van der Waals surface area contributed by atoms with Gasteiger partial charge in [-0.3, -0.25) is 9.69 Å². The topological polar surface area (TPSA) is 54.5 Å². The number of carbonyl (C=O) groups excluding carboxylic acids is 1. The number of fused-ring (bicyclic) bond motifs is 3. The number of pyridine rings is 1. The van der Waals surface area contributed by atoms with Gasteiger partial charge in [-0.2, -0.15) is 0 Å². The predicted octanol–water partition coefficient (Wildman–Crippen LogP) is 3.74. The quantitative estimate of drug-likeness (QED) is 0.832. The average Bonchev–Trinajstić information content (AvgIpc) is 2.65. The van der Waals surface area contributed by atoms with Crippen LogP contribution in [0.15, 0.2) is 42.6 Å². The Kier molecular flexibility index (Phi) is 4.83. The molecule has 26 heavy (non-hydrogen) atoms. The fourth-order valence-corrected chi connectivity index (χ4v) is 4.12. The van der Waals surface area contributed by atoms with Crippen LogP contribution in [0.5, 0.6) is 11.5 Å². The van der Waals surface area contributed by atoms with Crippen molar-refractivity contribution in [1.82, 2.24) is 15.2 Å². The van der Waals surface area contributed by atoms with Crippen LogP contribution in [0.4, 0.5) is 0 Å². The molecule has 1 amide bonds. The van der Waals surface area contributed by atoms with E-state index < -0.39 is 0 Å². The number of amides is 1. The number of aromatic nitrogens is 1. The smallest absolute Gasteiger partial charge is 0.251 e. The lowest BCUT2D eigenvalue weighted by Gasteiger charge is -2.48. The van der Waals surface area contributed by atoms with E-state index in [9.17, 15) is 4.79 Å². The molecule has 3 aliphatic heterocycles. The van der Waals surface area contributed by atoms with Crippen molar-refractivity contribution >= 4 is 17.5 Å². The van der Waals surface area contributed by atoms with Crippen molar-refractivity contribution in [3.63, 3.8) is 0 Å². The normalized spacial score (nSPS) is 27.2. The second-order valence-corrected chi connectivity index (χ2v) is 7.49. The van der Waals surface area contributed by atoms with E-state index in [1.807, 2.05) is 0 Å². The Bertz CT molecular complexity index is 796. The molecule has 1 aromatic heterocycles. The zero-order valence-electron chi connectivity index (χ0n) is 14.7. The van der Waals surface area contributed by atoms with Crippen LogP contribution in [0, 0.1) is 5.92 Å². The minimum atomic E-state index is -0.0256. The monoisotopic (exact) mass is 371 g/mol. The summed E-state index contributed by atoms with van der Waals surface area (Å²) in [6.45, 7) is 4.39. The van der Waals surface area contributed by atoms with E-state index in [1.54, 1.807) is 42.6 Å². The molecule has 4 atom stereocenters. The summed E-state index contributed by atoms with van der Waals surface area (Å²) in [5.74, 6) is 1.68. The molecule has 0 aliphatic carbocycles. The Morgan fingerprint density at radius 2 is 2.12 bits per heavy atom. The maximum atomic E-state index is 12.6. The van der Waals surface area contributed by atoms with Gasteiger partial charge in [0.1, 0.15) is 5.75 Å². The first kappa shape index (κ1) is 17.3. The number of piperidine rings is 3. The Labute approximate surface area is 158 Å². The molecule has 136 valence electrons. The predicted molar refractivity (Wildman–Crippen MR) is 101 cm³/mol. The molecule has 1 aromatic carbocycles. The maximum Gasteiger partial charge on any atom is 0.251 e. The average molecular weight is 372 g/mol. The largest absolute Gasteiger partial charge is 0.454 e. The molecule has 5 rings (SSSR count). The minimum absolute atomic E-state index is 0.0256. The third-order valence-corrected chi connectivity index (χ3v) is 5.72. The van der Waals surface area contributed by atoms with Crippen molar-refractivity contribution < 1.29 is 9.53 Å². The Morgan fingerprint density at radius 1 is 1.31 bits per heavy atom. The van der Waals surface area contributed by atoms with Crippen LogP contribution in [-0.2, 0) is 0 Å². The summed E-state index contributed by atoms with van der Waals surface area (Å²) in [6.07, 6.45) is 3.95. The van der Waals surface area contributed by atoms with E-state index in [4.69, 9.17) is 16.3 Å². The first-order chi connectivity index (χ1) is 12.6. The van der Waals surface area contributed by atoms with Crippen LogP contribution < -0.4 is 10.1 Å². The highest BCUT2D eigenvalue weighted by atomic mass is 35.5. The van der Waals surface area contributed by atoms with Crippen LogP contribution in [0.2, 0.25) is 5.15 Å². The summed E-state index contributed by atoms with van der Waals surface area (Å²) < 4.78 is 5.71. The highest BCUT2D eigenvalue weighted by Gasteiger charge is 2.38. The third kappa shape index (κ3) is 3.55. The molecule has 4 unspecified atom stereocenters. The highest BCUT2D eigenvalue weighted by molar-refractivity contribution is 6.30. The number of rotatable bonds is 4. The number of halogens is 1.